The fourth-order valence-corrected chi connectivity index (χ4v) is 5.08. The SMILES string of the molecule is COc1cc2c(cc1NC(=O)COC(=O)CCN1C(=O)[C@H]3CCCC[C@@H]3C1=O)oc1ccccc12. The number of hydrogen-bond donors (Lipinski definition) is 1. The highest BCUT2D eigenvalue weighted by Gasteiger charge is 2.47. The number of para-hydroxylation sites is 1. The Morgan fingerprint density at radius 1 is 1.03 bits per heavy atom. The van der Waals surface area contributed by atoms with Gasteiger partial charge in [0.15, 0.2) is 6.61 Å². The Hall–Kier alpha value is -3.88. The summed E-state index contributed by atoms with van der Waals surface area (Å²) in [7, 11) is 1.50. The van der Waals surface area contributed by atoms with Gasteiger partial charge in [-0.2, -0.15) is 0 Å². The van der Waals surface area contributed by atoms with E-state index in [1.54, 1.807) is 12.1 Å². The Morgan fingerprint density at radius 3 is 2.46 bits per heavy atom. The third-order valence-corrected chi connectivity index (χ3v) is 6.81. The van der Waals surface area contributed by atoms with Gasteiger partial charge < -0.3 is 19.2 Å². The third kappa shape index (κ3) is 4.34. The second kappa shape index (κ2) is 9.40. The summed E-state index contributed by atoms with van der Waals surface area (Å²) in [5.41, 5.74) is 1.69. The topological polar surface area (TPSA) is 115 Å². The second-order valence-electron chi connectivity index (χ2n) is 8.93. The minimum Gasteiger partial charge on any atom is -0.495 e. The van der Waals surface area contributed by atoms with E-state index in [9.17, 15) is 19.2 Å². The lowest BCUT2D eigenvalue weighted by Gasteiger charge is -2.19. The Kier molecular flexibility index (Phi) is 6.15. The number of nitrogens with one attached hydrogen (secondary N) is 1. The van der Waals surface area contributed by atoms with Gasteiger partial charge in [0.25, 0.3) is 5.91 Å². The zero-order valence-electron chi connectivity index (χ0n) is 19.4. The summed E-state index contributed by atoms with van der Waals surface area (Å²) in [6.45, 7) is -0.533. The molecule has 3 amide bonds. The molecule has 2 atom stereocenters. The van der Waals surface area contributed by atoms with Crippen LogP contribution in [0.3, 0.4) is 0 Å². The van der Waals surface area contributed by atoms with E-state index in [2.05, 4.69) is 5.32 Å². The number of furan rings is 1. The molecule has 182 valence electrons. The lowest BCUT2D eigenvalue weighted by Crippen LogP contribution is -2.33. The molecule has 2 aliphatic rings. The molecule has 2 aromatic carbocycles. The number of benzene rings is 2. The van der Waals surface area contributed by atoms with E-state index < -0.39 is 18.5 Å². The Bertz CT molecular complexity index is 1300. The molecule has 1 saturated heterocycles. The average molecular weight is 479 g/mol. The molecule has 5 rings (SSSR count). The minimum absolute atomic E-state index is 0.0261. The first kappa shape index (κ1) is 22.9. The van der Waals surface area contributed by atoms with E-state index in [0.29, 0.717) is 17.0 Å². The van der Waals surface area contributed by atoms with Crippen molar-refractivity contribution in [3.05, 3.63) is 36.4 Å². The maximum Gasteiger partial charge on any atom is 0.308 e. The number of carbonyl (C=O) groups is 4. The van der Waals surface area contributed by atoms with Crippen LogP contribution in [0.15, 0.2) is 40.8 Å². The Balaban J connectivity index is 1.17. The van der Waals surface area contributed by atoms with E-state index in [-0.39, 0.29) is 36.6 Å². The molecule has 0 bridgehead atoms. The van der Waals surface area contributed by atoms with Crippen molar-refractivity contribution < 1.29 is 33.1 Å². The van der Waals surface area contributed by atoms with Crippen molar-refractivity contribution in [2.75, 3.05) is 25.6 Å². The van der Waals surface area contributed by atoms with Gasteiger partial charge in [0.05, 0.1) is 31.1 Å². The third-order valence-electron chi connectivity index (χ3n) is 6.81. The summed E-state index contributed by atoms with van der Waals surface area (Å²) >= 11 is 0. The van der Waals surface area contributed by atoms with Gasteiger partial charge in [-0.05, 0) is 25.0 Å². The van der Waals surface area contributed by atoms with Crippen LogP contribution in [0.25, 0.3) is 21.9 Å². The zero-order valence-corrected chi connectivity index (χ0v) is 19.4. The van der Waals surface area contributed by atoms with Crippen molar-refractivity contribution in [1.29, 1.82) is 0 Å². The number of likely N-dealkylation sites (tertiary alicyclic amines) is 1. The lowest BCUT2D eigenvalue weighted by atomic mass is 9.81. The summed E-state index contributed by atoms with van der Waals surface area (Å²) in [5.74, 6) is -1.66. The monoisotopic (exact) mass is 478 g/mol. The molecule has 9 nitrogen and oxygen atoms in total. The smallest absolute Gasteiger partial charge is 0.308 e. The first-order valence-corrected chi connectivity index (χ1v) is 11.8. The number of methoxy groups -OCH3 is 1. The van der Waals surface area contributed by atoms with Crippen molar-refractivity contribution in [3.8, 4) is 5.75 Å². The standard InChI is InChI=1S/C26H26N2O7/c1-33-22-12-18-15-6-4-5-9-20(15)35-21(18)13-19(22)27-23(29)14-34-24(30)10-11-28-25(31)16-7-2-3-8-17(16)26(28)32/h4-6,9,12-13,16-17H,2-3,7-8,10-11,14H2,1H3,(H,27,29)/t16-,17-/m0/s1. The molecule has 9 heteroatoms. The van der Waals surface area contributed by atoms with Gasteiger partial charge >= 0.3 is 5.97 Å². The molecule has 2 fully saturated rings. The quantitative estimate of drug-likeness (QED) is 0.407. The second-order valence-corrected chi connectivity index (χ2v) is 8.93. The van der Waals surface area contributed by atoms with Crippen molar-refractivity contribution in [1.82, 2.24) is 4.90 Å². The minimum atomic E-state index is -0.657. The largest absolute Gasteiger partial charge is 0.495 e. The summed E-state index contributed by atoms with van der Waals surface area (Å²) in [5, 5.41) is 4.47. The maximum absolute atomic E-state index is 12.5. The van der Waals surface area contributed by atoms with Crippen LogP contribution in [0.1, 0.15) is 32.1 Å². The molecule has 0 spiro atoms. The number of carbonyl (C=O) groups excluding carboxylic acids is 4. The Labute approximate surface area is 201 Å². The molecule has 0 unspecified atom stereocenters. The number of anilines is 1. The molecule has 1 aliphatic carbocycles. The molecule has 3 aromatic rings. The number of amides is 3. The first-order valence-electron chi connectivity index (χ1n) is 11.8. The molecule has 1 aromatic heterocycles. The number of ether oxygens (including phenoxy) is 2. The predicted octanol–water partition coefficient (Wildman–Crippen LogP) is 3.64. The number of hydrogen-bond acceptors (Lipinski definition) is 7. The van der Waals surface area contributed by atoms with E-state index in [0.717, 1.165) is 42.0 Å². The van der Waals surface area contributed by atoms with Gasteiger partial charge in [-0.3, -0.25) is 24.1 Å². The van der Waals surface area contributed by atoms with E-state index in [4.69, 9.17) is 13.9 Å². The van der Waals surface area contributed by atoms with Gasteiger partial charge in [-0.15, -0.1) is 0 Å². The maximum atomic E-state index is 12.5. The first-order chi connectivity index (χ1) is 17.0. The fraction of sp³-hybridized carbons (Fsp3) is 0.385. The normalized spacial score (nSPS) is 19.7. The van der Waals surface area contributed by atoms with Crippen LogP contribution < -0.4 is 10.1 Å². The fourth-order valence-electron chi connectivity index (χ4n) is 5.08. The average Bonchev–Trinajstić information content (AvgIpc) is 3.35. The van der Waals surface area contributed by atoms with Crippen LogP contribution in [-0.2, 0) is 23.9 Å². The van der Waals surface area contributed by atoms with Gasteiger partial charge in [0.2, 0.25) is 11.8 Å². The highest BCUT2D eigenvalue weighted by atomic mass is 16.5. The molecule has 2 heterocycles. The molecule has 0 radical (unpaired) electrons. The van der Waals surface area contributed by atoms with Crippen molar-refractivity contribution in [2.24, 2.45) is 11.8 Å². The number of esters is 1. The van der Waals surface area contributed by atoms with Crippen LogP contribution in [0, 0.1) is 11.8 Å². The zero-order chi connectivity index (χ0) is 24.5. The van der Waals surface area contributed by atoms with Crippen molar-refractivity contribution in [3.63, 3.8) is 0 Å². The van der Waals surface area contributed by atoms with Gasteiger partial charge in [0.1, 0.15) is 16.9 Å². The van der Waals surface area contributed by atoms with Gasteiger partial charge in [0, 0.05) is 23.4 Å². The molecule has 1 aliphatic heterocycles. The molecule has 1 saturated carbocycles. The van der Waals surface area contributed by atoms with Crippen molar-refractivity contribution in [2.45, 2.75) is 32.1 Å². The molecular weight excluding hydrogens is 452 g/mol. The van der Waals surface area contributed by atoms with Crippen LogP contribution in [0.4, 0.5) is 5.69 Å². The predicted molar refractivity (Wildman–Crippen MR) is 127 cm³/mol. The van der Waals surface area contributed by atoms with Gasteiger partial charge in [-0.25, -0.2) is 0 Å². The van der Waals surface area contributed by atoms with Gasteiger partial charge in [-0.1, -0.05) is 31.0 Å². The van der Waals surface area contributed by atoms with E-state index in [1.807, 2.05) is 24.3 Å². The van der Waals surface area contributed by atoms with Crippen LogP contribution in [0.2, 0.25) is 0 Å². The molecule has 1 N–H and O–H groups in total. The van der Waals surface area contributed by atoms with Crippen molar-refractivity contribution >= 4 is 51.3 Å². The summed E-state index contributed by atoms with van der Waals surface area (Å²) in [4.78, 5) is 50.8. The summed E-state index contributed by atoms with van der Waals surface area (Å²) in [6.07, 6.45) is 3.18. The van der Waals surface area contributed by atoms with E-state index in [1.165, 1.54) is 12.0 Å². The number of nitrogens with zero attached hydrogens (tertiary/aromatic N) is 1. The van der Waals surface area contributed by atoms with Crippen LogP contribution >= 0.6 is 0 Å². The number of imide groups is 1. The highest BCUT2D eigenvalue weighted by molar-refractivity contribution is 6.08. The van der Waals surface area contributed by atoms with Crippen LogP contribution in [-0.4, -0.2) is 48.9 Å². The summed E-state index contributed by atoms with van der Waals surface area (Å²) in [6, 6.07) is 11.0. The number of rotatable bonds is 7. The lowest BCUT2D eigenvalue weighted by molar-refractivity contribution is -0.148. The Morgan fingerprint density at radius 2 is 1.74 bits per heavy atom. The molecule has 35 heavy (non-hydrogen) atoms. The van der Waals surface area contributed by atoms with E-state index >= 15 is 0 Å². The van der Waals surface area contributed by atoms with Crippen LogP contribution in [0.5, 0.6) is 5.75 Å². The summed E-state index contributed by atoms with van der Waals surface area (Å²) < 4.78 is 16.3. The highest BCUT2D eigenvalue weighted by Crippen LogP contribution is 2.38. The molecular formula is C26H26N2O7. The number of fused-ring (bicyclic) bond motifs is 4.